The third-order valence-electron chi connectivity index (χ3n) is 5.91. The number of phenolic OH excluding ortho intramolecular Hbond substituents is 1. The van der Waals surface area contributed by atoms with E-state index < -0.39 is 0 Å². The summed E-state index contributed by atoms with van der Waals surface area (Å²) in [4.78, 5) is 8.09. The highest BCUT2D eigenvalue weighted by Gasteiger charge is 2.17. The Morgan fingerprint density at radius 3 is 2.43 bits per heavy atom. The Balaban J connectivity index is 1.24. The van der Waals surface area contributed by atoms with Gasteiger partial charge in [0.1, 0.15) is 11.8 Å². The summed E-state index contributed by atoms with van der Waals surface area (Å²) < 4.78 is 0. The number of anilines is 1. The Kier molecular flexibility index (Phi) is 5.88. The first kappa shape index (κ1) is 19.8. The third-order valence-corrected chi connectivity index (χ3v) is 5.91. The number of aromatic nitrogens is 1. The average Bonchev–Trinajstić information content (AvgIpc) is 3.18. The second-order valence-corrected chi connectivity index (χ2v) is 7.79. The number of nitriles is 2. The standard InChI is InChI=1S/C24H25N5O/c25-15-18-4-6-21(7-5-18)29-11-9-28(10-12-29)8-2-1-3-19-17-27-23-14-24(30)20(16-26)13-22(19)23/h4-7,13-14,17,27,30H,1-3,8-12H2. The van der Waals surface area contributed by atoms with Crippen LogP contribution in [0.1, 0.15) is 29.5 Å². The van der Waals surface area contributed by atoms with Gasteiger partial charge in [-0.2, -0.15) is 10.5 Å². The van der Waals surface area contributed by atoms with Gasteiger partial charge in [0.15, 0.2) is 0 Å². The zero-order chi connectivity index (χ0) is 20.9. The second kappa shape index (κ2) is 8.90. The Morgan fingerprint density at radius 2 is 1.73 bits per heavy atom. The molecule has 1 aliphatic heterocycles. The molecule has 1 fully saturated rings. The molecule has 0 bridgehead atoms. The maximum atomic E-state index is 9.83. The molecule has 4 rings (SSSR count). The van der Waals surface area contributed by atoms with E-state index in [1.54, 1.807) is 12.1 Å². The van der Waals surface area contributed by atoms with Gasteiger partial charge in [0.2, 0.25) is 0 Å². The molecule has 0 aliphatic carbocycles. The van der Waals surface area contributed by atoms with E-state index >= 15 is 0 Å². The summed E-state index contributed by atoms with van der Waals surface area (Å²) in [6.45, 7) is 5.22. The van der Waals surface area contributed by atoms with E-state index in [1.165, 1.54) is 11.3 Å². The number of nitrogens with one attached hydrogen (secondary N) is 1. The van der Waals surface area contributed by atoms with Crippen molar-refractivity contribution >= 4 is 16.6 Å². The smallest absolute Gasteiger partial charge is 0.135 e. The highest BCUT2D eigenvalue weighted by molar-refractivity contribution is 5.86. The first-order valence-corrected chi connectivity index (χ1v) is 10.4. The summed E-state index contributed by atoms with van der Waals surface area (Å²) >= 11 is 0. The normalized spacial score (nSPS) is 14.5. The molecular formula is C24H25N5O. The number of rotatable bonds is 6. The fourth-order valence-corrected chi connectivity index (χ4v) is 4.14. The molecule has 1 saturated heterocycles. The maximum Gasteiger partial charge on any atom is 0.135 e. The SMILES string of the molecule is N#Cc1ccc(N2CCN(CCCCc3c[nH]c4cc(O)c(C#N)cc34)CC2)cc1. The number of hydrogen-bond donors (Lipinski definition) is 2. The maximum absolute atomic E-state index is 9.83. The zero-order valence-corrected chi connectivity index (χ0v) is 16.9. The quantitative estimate of drug-likeness (QED) is 0.616. The van der Waals surface area contributed by atoms with Crippen molar-refractivity contribution < 1.29 is 5.11 Å². The summed E-state index contributed by atoms with van der Waals surface area (Å²) in [6, 6.07) is 15.5. The molecule has 2 heterocycles. The monoisotopic (exact) mass is 399 g/mol. The van der Waals surface area contributed by atoms with Crippen LogP contribution in [0.25, 0.3) is 10.9 Å². The molecule has 30 heavy (non-hydrogen) atoms. The summed E-state index contributed by atoms with van der Waals surface area (Å²) in [5, 5.41) is 28.9. The molecule has 1 aromatic heterocycles. The lowest BCUT2D eigenvalue weighted by molar-refractivity contribution is 0.253. The Bertz CT molecular complexity index is 1100. The second-order valence-electron chi connectivity index (χ2n) is 7.79. The van der Waals surface area contributed by atoms with Gasteiger partial charge in [-0.1, -0.05) is 0 Å². The number of phenols is 1. The van der Waals surface area contributed by atoms with Crippen molar-refractivity contribution in [2.45, 2.75) is 19.3 Å². The number of aromatic amines is 1. The van der Waals surface area contributed by atoms with Gasteiger partial charge in [-0.3, -0.25) is 4.90 Å². The molecule has 6 heteroatoms. The topological polar surface area (TPSA) is 90.1 Å². The van der Waals surface area contributed by atoms with Crippen LogP contribution in [0.15, 0.2) is 42.6 Å². The van der Waals surface area contributed by atoms with E-state index in [4.69, 9.17) is 10.5 Å². The summed E-state index contributed by atoms with van der Waals surface area (Å²) in [6.07, 6.45) is 5.17. The number of aromatic hydroxyl groups is 1. The van der Waals surface area contributed by atoms with Gasteiger partial charge >= 0.3 is 0 Å². The van der Waals surface area contributed by atoms with Crippen molar-refractivity contribution in [3.05, 3.63) is 59.3 Å². The van der Waals surface area contributed by atoms with Crippen LogP contribution in [0.2, 0.25) is 0 Å². The van der Waals surface area contributed by atoms with Crippen LogP contribution in [0, 0.1) is 22.7 Å². The van der Waals surface area contributed by atoms with Crippen LogP contribution < -0.4 is 4.90 Å². The molecule has 152 valence electrons. The number of piperazine rings is 1. The van der Waals surface area contributed by atoms with Crippen molar-refractivity contribution in [3.8, 4) is 17.9 Å². The molecular weight excluding hydrogens is 374 g/mol. The number of benzene rings is 2. The van der Waals surface area contributed by atoms with Crippen LogP contribution in [-0.2, 0) is 6.42 Å². The van der Waals surface area contributed by atoms with Gasteiger partial charge < -0.3 is 15.0 Å². The number of H-pyrrole nitrogens is 1. The average molecular weight is 399 g/mol. The highest BCUT2D eigenvalue weighted by atomic mass is 16.3. The fraction of sp³-hybridized carbons (Fsp3) is 0.333. The minimum absolute atomic E-state index is 0.0264. The molecule has 0 saturated carbocycles. The van der Waals surface area contributed by atoms with E-state index in [-0.39, 0.29) is 5.75 Å². The summed E-state index contributed by atoms with van der Waals surface area (Å²) in [5.74, 6) is 0.0264. The Labute approximate surface area is 176 Å². The Morgan fingerprint density at radius 1 is 0.967 bits per heavy atom. The molecule has 6 nitrogen and oxygen atoms in total. The molecule has 0 amide bonds. The van der Waals surface area contributed by atoms with Crippen LogP contribution in [0.4, 0.5) is 5.69 Å². The number of hydrogen-bond acceptors (Lipinski definition) is 5. The zero-order valence-electron chi connectivity index (χ0n) is 16.9. The van der Waals surface area contributed by atoms with Crippen LogP contribution in [0.3, 0.4) is 0 Å². The van der Waals surface area contributed by atoms with Crippen molar-refractivity contribution in [2.75, 3.05) is 37.6 Å². The van der Waals surface area contributed by atoms with Crippen molar-refractivity contribution in [1.82, 2.24) is 9.88 Å². The molecule has 0 spiro atoms. The number of unbranched alkanes of at least 4 members (excludes halogenated alkanes) is 1. The molecule has 2 N–H and O–H groups in total. The predicted octanol–water partition coefficient (Wildman–Crippen LogP) is 3.76. The highest BCUT2D eigenvalue weighted by Crippen LogP contribution is 2.27. The number of nitrogens with zero attached hydrogens (tertiary/aromatic N) is 4. The van der Waals surface area contributed by atoms with E-state index in [0.29, 0.717) is 11.1 Å². The minimum atomic E-state index is 0.0264. The lowest BCUT2D eigenvalue weighted by Crippen LogP contribution is -2.46. The van der Waals surface area contributed by atoms with Crippen LogP contribution in [-0.4, -0.2) is 47.7 Å². The number of fused-ring (bicyclic) bond motifs is 1. The lowest BCUT2D eigenvalue weighted by Gasteiger charge is -2.36. The van der Waals surface area contributed by atoms with Crippen molar-refractivity contribution in [1.29, 1.82) is 10.5 Å². The Hall–Kier alpha value is -3.48. The molecule has 0 atom stereocenters. The van der Waals surface area contributed by atoms with Crippen LogP contribution in [0.5, 0.6) is 5.75 Å². The lowest BCUT2D eigenvalue weighted by atomic mass is 10.0. The van der Waals surface area contributed by atoms with Gasteiger partial charge in [0, 0.05) is 55.0 Å². The van der Waals surface area contributed by atoms with E-state index in [0.717, 1.165) is 62.9 Å². The fourth-order valence-electron chi connectivity index (χ4n) is 4.14. The number of aryl methyl sites for hydroxylation is 1. The molecule has 0 radical (unpaired) electrons. The molecule has 3 aromatic rings. The first-order chi connectivity index (χ1) is 14.7. The van der Waals surface area contributed by atoms with Gasteiger partial charge in [0.05, 0.1) is 17.2 Å². The van der Waals surface area contributed by atoms with E-state index in [1.807, 2.05) is 36.5 Å². The van der Waals surface area contributed by atoms with Crippen molar-refractivity contribution in [2.24, 2.45) is 0 Å². The molecule has 2 aromatic carbocycles. The van der Waals surface area contributed by atoms with Crippen molar-refractivity contribution in [3.63, 3.8) is 0 Å². The largest absolute Gasteiger partial charge is 0.506 e. The molecule has 0 unspecified atom stereocenters. The van der Waals surface area contributed by atoms with Gasteiger partial charge in [-0.05, 0) is 61.7 Å². The summed E-state index contributed by atoms with van der Waals surface area (Å²) in [5.41, 5.74) is 4.29. The predicted molar refractivity (Wildman–Crippen MR) is 117 cm³/mol. The van der Waals surface area contributed by atoms with E-state index in [2.05, 4.69) is 20.9 Å². The van der Waals surface area contributed by atoms with E-state index in [9.17, 15) is 5.11 Å². The minimum Gasteiger partial charge on any atom is -0.506 e. The molecule has 1 aliphatic rings. The van der Waals surface area contributed by atoms with Gasteiger partial charge in [-0.25, -0.2) is 0 Å². The van der Waals surface area contributed by atoms with Gasteiger partial charge in [-0.15, -0.1) is 0 Å². The van der Waals surface area contributed by atoms with Crippen LogP contribution >= 0.6 is 0 Å². The first-order valence-electron chi connectivity index (χ1n) is 10.4. The third kappa shape index (κ3) is 4.25. The van der Waals surface area contributed by atoms with Gasteiger partial charge in [0.25, 0.3) is 0 Å². The summed E-state index contributed by atoms with van der Waals surface area (Å²) in [7, 11) is 0.